The Labute approximate surface area is 160 Å². The number of halogens is 2. The molecule has 2 N–H and O–H groups in total. The fourth-order valence-electron chi connectivity index (χ4n) is 2.03. The summed E-state index contributed by atoms with van der Waals surface area (Å²) >= 11 is 12.1. The second-order valence-corrected chi connectivity index (χ2v) is 7.77. The van der Waals surface area contributed by atoms with Crippen LogP contribution in [0, 0.1) is 0 Å². The number of amides is 1. The monoisotopic (exact) mass is 416 g/mol. The summed E-state index contributed by atoms with van der Waals surface area (Å²) in [6.45, 7) is 0. The Morgan fingerprint density at radius 1 is 1.04 bits per heavy atom. The predicted octanol–water partition coefficient (Wildman–Crippen LogP) is 3.40. The first-order chi connectivity index (χ1) is 12.1. The number of carbonyl (C=O) groups is 2. The Bertz CT molecular complexity index is 977. The van der Waals surface area contributed by atoms with Gasteiger partial charge in [0.1, 0.15) is 0 Å². The largest absolute Gasteiger partial charge is 0.465 e. The fourth-order valence-corrected chi connectivity index (χ4v) is 2.96. The third-order valence-corrected chi connectivity index (χ3v) is 4.42. The van der Waals surface area contributed by atoms with E-state index in [1.165, 1.54) is 43.5 Å². The molecule has 2 aromatic carbocycles. The molecule has 0 saturated heterocycles. The topological polar surface area (TPSA) is 102 Å². The number of rotatable bonds is 5. The standard InChI is InChI=1S/C16H14Cl2N2O5S/c1-25-16(22)9-3-5-13(18)14(7-9)19-15(21)11-8-10(4-6-12(11)17)20-26(2,23)24/h3-8,20H,1-2H3,(H,19,21). The van der Waals surface area contributed by atoms with E-state index in [9.17, 15) is 18.0 Å². The van der Waals surface area contributed by atoms with Crippen molar-refractivity contribution in [3.8, 4) is 0 Å². The first kappa shape index (κ1) is 20.0. The number of carbonyl (C=O) groups excluding carboxylic acids is 2. The quantitative estimate of drug-likeness (QED) is 0.727. The van der Waals surface area contributed by atoms with Gasteiger partial charge in [-0.2, -0.15) is 0 Å². The van der Waals surface area contributed by atoms with E-state index >= 15 is 0 Å². The summed E-state index contributed by atoms with van der Waals surface area (Å²) in [4.78, 5) is 24.1. The van der Waals surface area contributed by atoms with Crippen molar-refractivity contribution < 1.29 is 22.7 Å². The van der Waals surface area contributed by atoms with E-state index in [1.807, 2.05) is 0 Å². The molecule has 0 fully saturated rings. The van der Waals surface area contributed by atoms with Crippen LogP contribution in [-0.2, 0) is 14.8 Å². The minimum absolute atomic E-state index is 0.0276. The highest BCUT2D eigenvalue weighted by atomic mass is 35.5. The van der Waals surface area contributed by atoms with Gasteiger partial charge in [-0.25, -0.2) is 13.2 Å². The molecule has 0 aliphatic heterocycles. The van der Waals surface area contributed by atoms with Crippen LogP contribution in [0.3, 0.4) is 0 Å². The average Bonchev–Trinajstić information content (AvgIpc) is 2.56. The second kappa shape index (κ2) is 7.94. The summed E-state index contributed by atoms with van der Waals surface area (Å²) < 4.78 is 29.5. The number of ether oxygens (including phenoxy) is 1. The van der Waals surface area contributed by atoms with E-state index in [2.05, 4.69) is 14.8 Å². The SMILES string of the molecule is COC(=O)c1ccc(Cl)c(NC(=O)c2cc(NS(C)(=O)=O)ccc2Cl)c1. The van der Waals surface area contributed by atoms with E-state index in [0.717, 1.165) is 6.26 Å². The van der Waals surface area contributed by atoms with Crippen molar-refractivity contribution in [3.63, 3.8) is 0 Å². The van der Waals surface area contributed by atoms with Crippen molar-refractivity contribution in [3.05, 3.63) is 57.6 Å². The molecule has 10 heteroatoms. The van der Waals surface area contributed by atoms with Crippen molar-refractivity contribution in [1.82, 2.24) is 0 Å². The molecule has 0 aliphatic carbocycles. The molecule has 0 bridgehead atoms. The molecular formula is C16H14Cl2N2O5S. The lowest BCUT2D eigenvalue weighted by molar-refractivity contribution is 0.0600. The molecule has 1 amide bonds. The molecule has 0 heterocycles. The third kappa shape index (κ3) is 5.10. The van der Waals surface area contributed by atoms with Gasteiger partial charge in [-0.15, -0.1) is 0 Å². The van der Waals surface area contributed by atoms with Crippen molar-refractivity contribution in [1.29, 1.82) is 0 Å². The van der Waals surface area contributed by atoms with Gasteiger partial charge in [0.25, 0.3) is 5.91 Å². The van der Waals surface area contributed by atoms with E-state index in [-0.39, 0.29) is 32.5 Å². The molecule has 26 heavy (non-hydrogen) atoms. The number of methoxy groups -OCH3 is 1. The molecule has 2 rings (SSSR count). The summed E-state index contributed by atoms with van der Waals surface area (Å²) in [6.07, 6.45) is 0.986. The molecule has 0 unspecified atom stereocenters. The van der Waals surface area contributed by atoms with Crippen LogP contribution in [0.1, 0.15) is 20.7 Å². The maximum absolute atomic E-state index is 12.5. The van der Waals surface area contributed by atoms with E-state index in [0.29, 0.717) is 0 Å². The van der Waals surface area contributed by atoms with Crippen LogP contribution < -0.4 is 10.0 Å². The van der Waals surface area contributed by atoms with Crippen molar-refractivity contribution in [2.75, 3.05) is 23.4 Å². The van der Waals surface area contributed by atoms with Gasteiger partial charge in [-0.3, -0.25) is 9.52 Å². The average molecular weight is 417 g/mol. The lowest BCUT2D eigenvalue weighted by Crippen LogP contribution is -2.15. The zero-order chi connectivity index (χ0) is 19.5. The minimum Gasteiger partial charge on any atom is -0.465 e. The van der Waals surface area contributed by atoms with Crippen molar-refractivity contribution in [2.45, 2.75) is 0 Å². The van der Waals surface area contributed by atoms with Gasteiger partial charge in [-0.05, 0) is 36.4 Å². The van der Waals surface area contributed by atoms with Crippen LogP contribution in [0.2, 0.25) is 10.0 Å². The molecule has 0 spiro atoms. The summed E-state index contributed by atoms with van der Waals surface area (Å²) in [5.41, 5.74) is 0.583. The number of esters is 1. The first-order valence-corrected chi connectivity index (χ1v) is 9.72. The maximum Gasteiger partial charge on any atom is 0.337 e. The van der Waals surface area contributed by atoms with E-state index < -0.39 is 21.9 Å². The van der Waals surface area contributed by atoms with Gasteiger partial charge >= 0.3 is 5.97 Å². The predicted molar refractivity (Wildman–Crippen MR) is 101 cm³/mol. The molecule has 0 atom stereocenters. The molecule has 0 saturated carbocycles. The summed E-state index contributed by atoms with van der Waals surface area (Å²) in [5, 5.41) is 2.85. The number of nitrogens with one attached hydrogen (secondary N) is 2. The Morgan fingerprint density at radius 2 is 1.69 bits per heavy atom. The van der Waals surface area contributed by atoms with Crippen molar-refractivity contribution in [2.24, 2.45) is 0 Å². The van der Waals surface area contributed by atoms with Crippen LogP contribution in [-0.4, -0.2) is 33.7 Å². The van der Waals surface area contributed by atoms with E-state index in [1.54, 1.807) is 0 Å². The highest BCUT2D eigenvalue weighted by molar-refractivity contribution is 7.92. The summed E-state index contributed by atoms with van der Waals surface area (Å²) in [7, 11) is -2.28. The normalized spacial score (nSPS) is 10.9. The van der Waals surface area contributed by atoms with Crippen LogP contribution in [0.25, 0.3) is 0 Å². The third-order valence-electron chi connectivity index (χ3n) is 3.15. The Kier molecular flexibility index (Phi) is 6.12. The summed E-state index contributed by atoms with van der Waals surface area (Å²) in [5.74, 6) is -1.22. The number of benzene rings is 2. The van der Waals surface area contributed by atoms with Crippen LogP contribution in [0.4, 0.5) is 11.4 Å². The van der Waals surface area contributed by atoms with Crippen molar-refractivity contribution >= 4 is 56.5 Å². The van der Waals surface area contributed by atoms with Gasteiger partial charge in [0.15, 0.2) is 0 Å². The van der Waals surface area contributed by atoms with Gasteiger partial charge in [0.2, 0.25) is 10.0 Å². The maximum atomic E-state index is 12.5. The Hall–Kier alpha value is -2.29. The Balaban J connectivity index is 2.33. The molecule has 0 aromatic heterocycles. The summed E-state index contributed by atoms with van der Waals surface area (Å²) in [6, 6.07) is 8.34. The second-order valence-electron chi connectivity index (χ2n) is 5.21. The van der Waals surface area contributed by atoms with Crippen LogP contribution in [0.15, 0.2) is 36.4 Å². The molecule has 138 valence electrons. The number of hydrogen-bond donors (Lipinski definition) is 2. The number of hydrogen-bond acceptors (Lipinski definition) is 5. The molecule has 2 aromatic rings. The van der Waals surface area contributed by atoms with Gasteiger partial charge in [0.05, 0.1) is 40.2 Å². The smallest absolute Gasteiger partial charge is 0.337 e. The van der Waals surface area contributed by atoms with Gasteiger partial charge in [0, 0.05) is 5.69 Å². The zero-order valence-electron chi connectivity index (χ0n) is 13.7. The molecule has 0 aliphatic rings. The number of sulfonamides is 1. The highest BCUT2D eigenvalue weighted by Crippen LogP contribution is 2.26. The van der Waals surface area contributed by atoms with Gasteiger partial charge in [-0.1, -0.05) is 23.2 Å². The Morgan fingerprint density at radius 3 is 2.31 bits per heavy atom. The molecule has 7 nitrogen and oxygen atoms in total. The molecular weight excluding hydrogens is 403 g/mol. The lowest BCUT2D eigenvalue weighted by Gasteiger charge is -2.11. The minimum atomic E-state index is -3.51. The van der Waals surface area contributed by atoms with Crippen LogP contribution in [0.5, 0.6) is 0 Å². The number of anilines is 2. The molecule has 0 radical (unpaired) electrons. The van der Waals surface area contributed by atoms with Gasteiger partial charge < -0.3 is 10.1 Å². The van der Waals surface area contributed by atoms with Crippen LogP contribution >= 0.6 is 23.2 Å². The lowest BCUT2D eigenvalue weighted by atomic mass is 10.1. The first-order valence-electron chi connectivity index (χ1n) is 7.07. The van der Waals surface area contributed by atoms with E-state index in [4.69, 9.17) is 23.2 Å². The highest BCUT2D eigenvalue weighted by Gasteiger charge is 2.16. The fraction of sp³-hybridized carbons (Fsp3) is 0.125. The zero-order valence-corrected chi connectivity index (χ0v) is 16.0.